The topological polar surface area (TPSA) is 37.8 Å². The molecule has 0 aliphatic carbocycles. The van der Waals surface area contributed by atoms with Crippen molar-refractivity contribution in [1.29, 1.82) is 0 Å². The molecule has 0 saturated carbocycles. The zero-order valence-electron chi connectivity index (χ0n) is 9.58. The van der Waals surface area contributed by atoms with Gasteiger partial charge in [0.05, 0.1) is 5.56 Å². The highest BCUT2D eigenvalue weighted by Gasteiger charge is 2.31. The third-order valence-electron chi connectivity index (χ3n) is 2.38. The Balaban J connectivity index is 2.10. The van der Waals surface area contributed by atoms with E-state index in [0.717, 1.165) is 5.56 Å². The maximum Gasteiger partial charge on any atom is 0.417 e. The van der Waals surface area contributed by atoms with Gasteiger partial charge >= 0.3 is 6.18 Å². The first-order valence-electron chi connectivity index (χ1n) is 5.32. The van der Waals surface area contributed by atoms with Crippen LogP contribution in [-0.4, -0.2) is 9.97 Å². The molecule has 0 atom stereocenters. The number of aromatic nitrogens is 2. The highest BCUT2D eigenvalue weighted by molar-refractivity contribution is 5.39. The van der Waals surface area contributed by atoms with E-state index in [4.69, 9.17) is 0 Å². The molecule has 2 aromatic heterocycles. The maximum absolute atomic E-state index is 13.4. The summed E-state index contributed by atoms with van der Waals surface area (Å²) in [4.78, 5) is 7.25. The number of pyridine rings is 2. The number of nitrogens with zero attached hydrogens (tertiary/aromatic N) is 2. The van der Waals surface area contributed by atoms with Gasteiger partial charge in [0.15, 0.2) is 11.6 Å². The fourth-order valence-electron chi connectivity index (χ4n) is 1.41. The molecule has 0 spiro atoms. The van der Waals surface area contributed by atoms with Gasteiger partial charge in [-0.05, 0) is 23.8 Å². The van der Waals surface area contributed by atoms with Crippen molar-refractivity contribution >= 4 is 5.82 Å². The van der Waals surface area contributed by atoms with Gasteiger partial charge in [-0.3, -0.25) is 4.98 Å². The third kappa shape index (κ3) is 3.40. The van der Waals surface area contributed by atoms with Crippen LogP contribution in [-0.2, 0) is 12.7 Å². The summed E-state index contributed by atoms with van der Waals surface area (Å²) in [6.07, 6.45) is -0.878. The first kappa shape index (κ1) is 13.3. The highest BCUT2D eigenvalue weighted by Crippen LogP contribution is 2.30. The predicted molar refractivity (Wildman–Crippen MR) is 60.8 cm³/mol. The molecule has 0 unspecified atom stereocenters. The van der Waals surface area contributed by atoms with Crippen molar-refractivity contribution in [3.05, 3.63) is 53.7 Å². The molecule has 100 valence electrons. The van der Waals surface area contributed by atoms with E-state index in [1.54, 1.807) is 24.5 Å². The lowest BCUT2D eigenvalue weighted by molar-refractivity contribution is -0.138. The molecule has 0 radical (unpaired) electrons. The lowest BCUT2D eigenvalue weighted by Gasteiger charge is -2.10. The largest absolute Gasteiger partial charge is 0.417 e. The Morgan fingerprint density at radius 2 is 1.84 bits per heavy atom. The molecular formula is C12H9F4N3. The molecule has 0 bridgehead atoms. The fourth-order valence-corrected chi connectivity index (χ4v) is 1.41. The standard InChI is InChI=1S/C12H9F4N3/c13-10-5-9(12(14,15)16)7-19-11(10)18-6-8-1-3-17-4-2-8/h1-5,7H,6H2,(H,18,19). The lowest BCUT2D eigenvalue weighted by Crippen LogP contribution is -2.09. The summed E-state index contributed by atoms with van der Waals surface area (Å²) in [6, 6.07) is 3.83. The van der Waals surface area contributed by atoms with E-state index in [0.29, 0.717) is 12.3 Å². The molecule has 2 rings (SSSR count). The van der Waals surface area contributed by atoms with Crippen LogP contribution in [0.1, 0.15) is 11.1 Å². The minimum Gasteiger partial charge on any atom is -0.364 e. The second kappa shape index (κ2) is 5.21. The minimum atomic E-state index is -4.60. The SMILES string of the molecule is Fc1cc(C(F)(F)F)cnc1NCc1ccncc1. The van der Waals surface area contributed by atoms with Gasteiger partial charge in [-0.15, -0.1) is 0 Å². The second-order valence-corrected chi connectivity index (χ2v) is 3.76. The number of nitrogens with one attached hydrogen (secondary N) is 1. The quantitative estimate of drug-likeness (QED) is 0.871. The van der Waals surface area contributed by atoms with Crippen molar-refractivity contribution < 1.29 is 17.6 Å². The van der Waals surface area contributed by atoms with Crippen LogP contribution >= 0.6 is 0 Å². The Hall–Kier alpha value is -2.18. The Labute approximate surface area is 106 Å². The van der Waals surface area contributed by atoms with E-state index in [1.807, 2.05) is 0 Å². The average molecular weight is 271 g/mol. The molecule has 0 fully saturated rings. The van der Waals surface area contributed by atoms with Gasteiger partial charge in [0.1, 0.15) is 0 Å². The highest BCUT2D eigenvalue weighted by atomic mass is 19.4. The number of anilines is 1. The summed E-state index contributed by atoms with van der Waals surface area (Å²) in [6.45, 7) is 0.248. The van der Waals surface area contributed by atoms with E-state index < -0.39 is 17.6 Å². The van der Waals surface area contributed by atoms with Crippen molar-refractivity contribution in [2.45, 2.75) is 12.7 Å². The Kier molecular flexibility index (Phi) is 3.64. The molecule has 3 nitrogen and oxygen atoms in total. The summed E-state index contributed by atoms with van der Waals surface area (Å²) < 4.78 is 50.4. The van der Waals surface area contributed by atoms with Crippen LogP contribution < -0.4 is 5.32 Å². The smallest absolute Gasteiger partial charge is 0.364 e. The monoisotopic (exact) mass is 271 g/mol. The summed E-state index contributed by atoms with van der Waals surface area (Å²) in [7, 11) is 0. The number of hydrogen-bond acceptors (Lipinski definition) is 3. The first-order valence-corrected chi connectivity index (χ1v) is 5.32. The Bertz CT molecular complexity index is 555. The number of rotatable bonds is 3. The molecule has 0 saturated heterocycles. The second-order valence-electron chi connectivity index (χ2n) is 3.76. The lowest BCUT2D eigenvalue weighted by atomic mass is 10.2. The molecule has 0 amide bonds. The van der Waals surface area contributed by atoms with Crippen LogP contribution in [0.25, 0.3) is 0 Å². The molecule has 0 aliphatic rings. The summed E-state index contributed by atoms with van der Waals surface area (Å²) in [5, 5.41) is 2.63. The van der Waals surface area contributed by atoms with Gasteiger partial charge in [0.2, 0.25) is 0 Å². The summed E-state index contributed by atoms with van der Waals surface area (Å²) in [5.41, 5.74) is -0.296. The molecule has 2 aromatic rings. The predicted octanol–water partition coefficient (Wildman–Crippen LogP) is 3.25. The van der Waals surface area contributed by atoms with Crippen LogP contribution in [0.4, 0.5) is 23.4 Å². The van der Waals surface area contributed by atoms with E-state index in [9.17, 15) is 17.6 Å². The van der Waals surface area contributed by atoms with Gasteiger partial charge in [0.25, 0.3) is 0 Å². The average Bonchev–Trinajstić information content (AvgIpc) is 2.37. The van der Waals surface area contributed by atoms with E-state index in [-0.39, 0.29) is 12.4 Å². The Morgan fingerprint density at radius 1 is 1.16 bits per heavy atom. The van der Waals surface area contributed by atoms with Gasteiger partial charge in [0, 0.05) is 25.1 Å². The zero-order chi connectivity index (χ0) is 13.9. The number of alkyl halides is 3. The van der Waals surface area contributed by atoms with Gasteiger partial charge in [-0.2, -0.15) is 13.2 Å². The van der Waals surface area contributed by atoms with Gasteiger partial charge in [-0.25, -0.2) is 9.37 Å². The summed E-state index contributed by atoms with van der Waals surface area (Å²) >= 11 is 0. The van der Waals surface area contributed by atoms with Crippen molar-refractivity contribution in [1.82, 2.24) is 9.97 Å². The third-order valence-corrected chi connectivity index (χ3v) is 2.38. The molecule has 1 N–H and O–H groups in total. The fraction of sp³-hybridized carbons (Fsp3) is 0.167. The molecule has 19 heavy (non-hydrogen) atoms. The summed E-state index contributed by atoms with van der Waals surface area (Å²) in [5.74, 6) is -1.26. The maximum atomic E-state index is 13.4. The normalized spacial score (nSPS) is 11.4. The van der Waals surface area contributed by atoms with Gasteiger partial charge in [-0.1, -0.05) is 0 Å². The van der Waals surface area contributed by atoms with Crippen molar-refractivity contribution in [2.75, 3.05) is 5.32 Å². The van der Waals surface area contributed by atoms with Gasteiger partial charge < -0.3 is 5.32 Å². The molecule has 0 aliphatic heterocycles. The van der Waals surface area contributed by atoms with Crippen molar-refractivity contribution in [3.63, 3.8) is 0 Å². The molecular weight excluding hydrogens is 262 g/mol. The molecule has 7 heteroatoms. The van der Waals surface area contributed by atoms with Crippen molar-refractivity contribution in [3.8, 4) is 0 Å². The zero-order valence-corrected chi connectivity index (χ0v) is 9.58. The molecule has 0 aromatic carbocycles. The number of halogens is 4. The van der Waals surface area contributed by atoms with Crippen LogP contribution in [0, 0.1) is 5.82 Å². The van der Waals surface area contributed by atoms with Crippen molar-refractivity contribution in [2.24, 2.45) is 0 Å². The number of hydrogen-bond donors (Lipinski definition) is 1. The minimum absolute atomic E-state index is 0.218. The van der Waals surface area contributed by atoms with Crippen LogP contribution in [0.15, 0.2) is 36.8 Å². The van der Waals surface area contributed by atoms with Crippen LogP contribution in [0.3, 0.4) is 0 Å². The van der Waals surface area contributed by atoms with E-state index >= 15 is 0 Å². The first-order chi connectivity index (χ1) is 8.97. The van der Waals surface area contributed by atoms with E-state index in [1.165, 1.54) is 0 Å². The van der Waals surface area contributed by atoms with Crippen LogP contribution in [0.5, 0.6) is 0 Å². The van der Waals surface area contributed by atoms with Crippen LogP contribution in [0.2, 0.25) is 0 Å². The Morgan fingerprint density at radius 3 is 2.42 bits per heavy atom. The molecule has 2 heterocycles. The van der Waals surface area contributed by atoms with E-state index in [2.05, 4.69) is 15.3 Å².